The maximum Gasteiger partial charge on any atom is 0.323 e. The van der Waals surface area contributed by atoms with Gasteiger partial charge in [0.25, 0.3) is 0 Å². The molecule has 0 saturated carbocycles. The summed E-state index contributed by atoms with van der Waals surface area (Å²) in [7, 11) is 0. The summed E-state index contributed by atoms with van der Waals surface area (Å²) in [6, 6.07) is 8.30. The van der Waals surface area contributed by atoms with Crippen LogP contribution in [0.5, 0.6) is 0 Å². The average Bonchev–Trinajstić information content (AvgIpc) is 2.65. The van der Waals surface area contributed by atoms with E-state index in [-0.39, 0.29) is 0 Å². The Bertz CT molecular complexity index is 413. The Morgan fingerprint density at radius 3 is 2.65 bits per heavy atom. The molecule has 0 amide bonds. The van der Waals surface area contributed by atoms with Gasteiger partial charge in [0.1, 0.15) is 5.54 Å². The molecule has 0 radical (unpaired) electrons. The minimum atomic E-state index is -0.706. The summed E-state index contributed by atoms with van der Waals surface area (Å²) < 4.78 is 0. The predicted molar refractivity (Wildman–Crippen MR) is 66.9 cm³/mol. The molecule has 1 saturated heterocycles. The molecule has 1 atom stereocenters. The number of carbonyl (C=O) groups is 1. The maximum absolute atomic E-state index is 11.3. The molecule has 0 aromatic heterocycles. The van der Waals surface area contributed by atoms with Gasteiger partial charge in [-0.1, -0.05) is 29.8 Å². The van der Waals surface area contributed by atoms with Gasteiger partial charge in [0.2, 0.25) is 0 Å². The van der Waals surface area contributed by atoms with Gasteiger partial charge in [-0.15, -0.1) is 0 Å². The molecule has 2 rings (SSSR count). The van der Waals surface area contributed by atoms with Crippen LogP contribution >= 0.6 is 0 Å². The molecular weight excluding hydrogens is 214 g/mol. The van der Waals surface area contributed by atoms with Crippen molar-refractivity contribution in [2.24, 2.45) is 0 Å². The summed E-state index contributed by atoms with van der Waals surface area (Å²) in [6.07, 6.45) is 1.71. The second-order valence-corrected chi connectivity index (χ2v) is 5.09. The Hall–Kier alpha value is -1.35. The molecule has 1 fully saturated rings. The lowest BCUT2D eigenvalue weighted by Crippen LogP contribution is -2.47. The molecule has 1 N–H and O–H groups in total. The lowest BCUT2D eigenvalue weighted by molar-refractivity contribution is -0.148. The third kappa shape index (κ3) is 2.34. The van der Waals surface area contributed by atoms with E-state index in [1.807, 2.05) is 6.92 Å². The number of hydrogen-bond acceptors (Lipinski definition) is 2. The number of benzene rings is 1. The monoisotopic (exact) mass is 233 g/mol. The van der Waals surface area contributed by atoms with Crippen molar-refractivity contribution in [1.82, 2.24) is 4.90 Å². The minimum absolute atomic E-state index is 0.690. The number of carboxylic acids is 1. The summed E-state index contributed by atoms with van der Waals surface area (Å²) in [5, 5.41) is 9.32. The van der Waals surface area contributed by atoms with Crippen LogP contribution in [0.25, 0.3) is 0 Å². The number of aliphatic carboxylic acids is 1. The molecule has 1 aromatic carbocycles. The van der Waals surface area contributed by atoms with E-state index in [4.69, 9.17) is 0 Å². The third-order valence-electron chi connectivity index (χ3n) is 3.74. The fourth-order valence-electron chi connectivity index (χ4n) is 2.43. The molecular formula is C14H19NO2. The second kappa shape index (κ2) is 4.49. The first-order valence-corrected chi connectivity index (χ1v) is 6.06. The SMILES string of the molecule is Cc1ccc(CN2CCC[C@]2(C)C(=O)O)cc1. The molecule has 17 heavy (non-hydrogen) atoms. The normalized spacial score (nSPS) is 25.1. The van der Waals surface area contributed by atoms with Crippen LogP contribution in [0.4, 0.5) is 0 Å². The van der Waals surface area contributed by atoms with Crippen molar-refractivity contribution in [2.75, 3.05) is 6.54 Å². The van der Waals surface area contributed by atoms with Crippen LogP contribution < -0.4 is 0 Å². The lowest BCUT2D eigenvalue weighted by Gasteiger charge is -2.31. The number of rotatable bonds is 3. The van der Waals surface area contributed by atoms with Gasteiger partial charge in [-0.05, 0) is 38.8 Å². The molecule has 0 spiro atoms. The highest BCUT2D eigenvalue weighted by Crippen LogP contribution is 2.30. The Kier molecular flexibility index (Phi) is 3.20. The summed E-state index contributed by atoms with van der Waals surface area (Å²) in [6.45, 7) is 5.48. The van der Waals surface area contributed by atoms with Crippen molar-refractivity contribution in [3.8, 4) is 0 Å². The maximum atomic E-state index is 11.3. The number of hydrogen-bond donors (Lipinski definition) is 1. The predicted octanol–water partition coefficient (Wildman–Crippen LogP) is 2.43. The van der Waals surface area contributed by atoms with Crippen molar-refractivity contribution >= 4 is 5.97 Å². The molecule has 0 aliphatic carbocycles. The molecule has 92 valence electrons. The van der Waals surface area contributed by atoms with Crippen molar-refractivity contribution in [3.63, 3.8) is 0 Å². The average molecular weight is 233 g/mol. The van der Waals surface area contributed by atoms with E-state index in [1.54, 1.807) is 0 Å². The lowest BCUT2D eigenvalue weighted by atomic mass is 9.99. The zero-order valence-electron chi connectivity index (χ0n) is 10.4. The van der Waals surface area contributed by atoms with Gasteiger partial charge in [0.15, 0.2) is 0 Å². The smallest absolute Gasteiger partial charge is 0.323 e. The first-order chi connectivity index (χ1) is 8.02. The fraction of sp³-hybridized carbons (Fsp3) is 0.500. The summed E-state index contributed by atoms with van der Waals surface area (Å²) in [4.78, 5) is 13.4. The van der Waals surface area contributed by atoms with E-state index in [9.17, 15) is 9.90 Å². The third-order valence-corrected chi connectivity index (χ3v) is 3.74. The van der Waals surface area contributed by atoms with Crippen molar-refractivity contribution < 1.29 is 9.90 Å². The topological polar surface area (TPSA) is 40.5 Å². The van der Waals surface area contributed by atoms with E-state index in [1.165, 1.54) is 11.1 Å². The molecule has 3 heteroatoms. The Balaban J connectivity index is 2.13. The van der Waals surface area contributed by atoms with Gasteiger partial charge in [-0.25, -0.2) is 0 Å². The van der Waals surface area contributed by atoms with Gasteiger partial charge in [-0.3, -0.25) is 9.69 Å². The van der Waals surface area contributed by atoms with Crippen LogP contribution in [0, 0.1) is 6.92 Å². The van der Waals surface area contributed by atoms with Crippen molar-refractivity contribution in [2.45, 2.75) is 38.8 Å². The number of likely N-dealkylation sites (tertiary alicyclic amines) is 1. The molecule has 0 bridgehead atoms. The highest BCUT2D eigenvalue weighted by atomic mass is 16.4. The van der Waals surface area contributed by atoms with E-state index in [2.05, 4.69) is 36.1 Å². The standard InChI is InChI=1S/C14H19NO2/c1-11-4-6-12(7-5-11)10-15-9-3-8-14(15,2)13(16)17/h4-7H,3,8-10H2,1-2H3,(H,16,17)/t14-/m1/s1. The van der Waals surface area contributed by atoms with E-state index < -0.39 is 11.5 Å². The van der Waals surface area contributed by atoms with Crippen molar-refractivity contribution in [3.05, 3.63) is 35.4 Å². The number of aryl methyl sites for hydroxylation is 1. The largest absolute Gasteiger partial charge is 0.480 e. The highest BCUT2D eigenvalue weighted by molar-refractivity contribution is 5.78. The van der Waals surface area contributed by atoms with Gasteiger partial charge in [0.05, 0.1) is 0 Å². The molecule has 1 aromatic rings. The first kappa shape index (κ1) is 12.1. The number of carboxylic acid groups (broad SMARTS) is 1. The Labute approximate surface area is 102 Å². The van der Waals surface area contributed by atoms with Crippen molar-refractivity contribution in [1.29, 1.82) is 0 Å². The second-order valence-electron chi connectivity index (χ2n) is 5.09. The Morgan fingerprint density at radius 2 is 2.06 bits per heavy atom. The fourth-order valence-corrected chi connectivity index (χ4v) is 2.43. The van der Waals surface area contributed by atoms with Crippen LogP contribution in [-0.4, -0.2) is 28.1 Å². The van der Waals surface area contributed by atoms with Crippen LogP contribution in [0.1, 0.15) is 30.9 Å². The molecule has 1 aliphatic rings. The minimum Gasteiger partial charge on any atom is -0.480 e. The molecule has 0 unspecified atom stereocenters. The van der Waals surface area contributed by atoms with Crippen LogP contribution in [0.2, 0.25) is 0 Å². The summed E-state index contributed by atoms with van der Waals surface area (Å²) >= 11 is 0. The highest BCUT2D eigenvalue weighted by Gasteiger charge is 2.42. The molecule has 1 aliphatic heterocycles. The summed E-state index contributed by atoms with van der Waals surface area (Å²) in [5.74, 6) is -0.706. The zero-order valence-corrected chi connectivity index (χ0v) is 10.4. The van der Waals surface area contributed by atoms with E-state index in [0.29, 0.717) is 0 Å². The van der Waals surface area contributed by atoms with Gasteiger partial charge in [0, 0.05) is 6.54 Å². The quantitative estimate of drug-likeness (QED) is 0.871. The van der Waals surface area contributed by atoms with Gasteiger partial charge < -0.3 is 5.11 Å². The van der Waals surface area contributed by atoms with E-state index >= 15 is 0 Å². The van der Waals surface area contributed by atoms with E-state index in [0.717, 1.165) is 25.9 Å². The van der Waals surface area contributed by atoms with Crippen LogP contribution in [0.15, 0.2) is 24.3 Å². The van der Waals surface area contributed by atoms with Crippen LogP contribution in [0.3, 0.4) is 0 Å². The molecule has 1 heterocycles. The van der Waals surface area contributed by atoms with Gasteiger partial charge in [-0.2, -0.15) is 0 Å². The zero-order chi connectivity index (χ0) is 12.5. The van der Waals surface area contributed by atoms with Crippen LogP contribution in [-0.2, 0) is 11.3 Å². The summed E-state index contributed by atoms with van der Waals surface area (Å²) in [5.41, 5.74) is 1.73. The first-order valence-electron chi connectivity index (χ1n) is 6.06. The van der Waals surface area contributed by atoms with Gasteiger partial charge >= 0.3 is 5.97 Å². The number of nitrogens with zero attached hydrogens (tertiary/aromatic N) is 1. The molecule has 3 nitrogen and oxygen atoms in total. The Morgan fingerprint density at radius 1 is 1.41 bits per heavy atom.